The van der Waals surface area contributed by atoms with E-state index in [-0.39, 0.29) is 25.8 Å². The van der Waals surface area contributed by atoms with E-state index in [0.29, 0.717) is 34.1 Å². The van der Waals surface area contributed by atoms with Crippen LogP contribution in [0.4, 0.5) is 5.69 Å². The van der Waals surface area contributed by atoms with Gasteiger partial charge in [-0.05, 0) is 38.1 Å². The van der Waals surface area contributed by atoms with Gasteiger partial charge in [-0.2, -0.15) is 0 Å². The largest absolute Gasteiger partial charge is 0.484 e. The van der Waals surface area contributed by atoms with E-state index in [1.165, 1.54) is 19.1 Å². The lowest BCUT2D eigenvalue weighted by Gasteiger charge is -2.12. The predicted octanol–water partition coefficient (Wildman–Crippen LogP) is 2.81. The molecule has 1 N–H and O–H groups in total. The molecule has 1 amide bonds. The van der Waals surface area contributed by atoms with Crippen LogP contribution in [0.2, 0.25) is 0 Å². The summed E-state index contributed by atoms with van der Waals surface area (Å²) in [5.74, 6) is 0.0835. The maximum absolute atomic E-state index is 12.3. The van der Waals surface area contributed by atoms with Crippen LogP contribution in [0.3, 0.4) is 0 Å². The number of hydrogen-bond acceptors (Lipinski definition) is 7. The molecule has 28 heavy (non-hydrogen) atoms. The lowest BCUT2D eigenvalue weighted by Crippen LogP contribution is -2.21. The van der Waals surface area contributed by atoms with Crippen LogP contribution in [0.1, 0.15) is 34.6 Å². The summed E-state index contributed by atoms with van der Waals surface area (Å²) in [6, 6.07) is 9.41. The van der Waals surface area contributed by atoms with Crippen LogP contribution in [0, 0.1) is 0 Å². The van der Waals surface area contributed by atoms with Crippen molar-refractivity contribution in [2.24, 2.45) is 0 Å². The molecule has 0 radical (unpaired) electrons. The van der Waals surface area contributed by atoms with Crippen molar-refractivity contribution in [3.05, 3.63) is 47.5 Å². The Balaban J connectivity index is 1.66. The molecule has 146 valence electrons. The molecule has 8 heteroatoms. The molecule has 1 heterocycles. The van der Waals surface area contributed by atoms with Gasteiger partial charge in [-0.15, -0.1) is 0 Å². The molecule has 0 fully saturated rings. The lowest BCUT2D eigenvalue weighted by atomic mass is 10.1. The Hall–Kier alpha value is -3.55. The number of hydrogen-bond donors (Lipinski definition) is 1. The lowest BCUT2D eigenvalue weighted by molar-refractivity contribution is -0.118. The van der Waals surface area contributed by atoms with E-state index in [1.807, 2.05) is 0 Å². The molecule has 1 aliphatic rings. The van der Waals surface area contributed by atoms with Crippen molar-refractivity contribution in [2.45, 2.75) is 13.8 Å². The number of esters is 1. The Morgan fingerprint density at radius 3 is 2.57 bits per heavy atom. The number of fused-ring (bicyclic) bond motifs is 1. The highest BCUT2D eigenvalue weighted by Crippen LogP contribution is 2.37. The van der Waals surface area contributed by atoms with Crippen LogP contribution in [-0.2, 0) is 9.53 Å². The van der Waals surface area contributed by atoms with Crippen molar-refractivity contribution in [2.75, 3.05) is 25.3 Å². The second-order valence-electron chi connectivity index (χ2n) is 5.89. The predicted molar refractivity (Wildman–Crippen MR) is 99.1 cm³/mol. The van der Waals surface area contributed by atoms with Crippen LogP contribution in [0.15, 0.2) is 36.4 Å². The summed E-state index contributed by atoms with van der Waals surface area (Å²) in [6.07, 6.45) is 0. The van der Waals surface area contributed by atoms with Crippen LogP contribution in [0.25, 0.3) is 0 Å². The summed E-state index contributed by atoms with van der Waals surface area (Å²) in [7, 11) is 0. The van der Waals surface area contributed by atoms with E-state index in [4.69, 9.17) is 18.9 Å². The third-order valence-corrected chi connectivity index (χ3v) is 3.88. The van der Waals surface area contributed by atoms with Gasteiger partial charge in [-0.3, -0.25) is 9.59 Å². The quantitative estimate of drug-likeness (QED) is 0.578. The molecule has 2 aromatic rings. The molecular formula is C20H19NO7. The standard InChI is InChI=1S/C20H19NO7/c1-3-25-20(24)13-5-4-6-14(7-13)26-10-19(23)21-16-9-18-17(27-11-28-18)8-15(16)12(2)22/h4-9H,3,10-11H2,1-2H3,(H,21,23). The highest BCUT2D eigenvalue weighted by molar-refractivity contribution is 6.04. The summed E-state index contributed by atoms with van der Waals surface area (Å²) in [5.41, 5.74) is 0.946. The normalized spacial score (nSPS) is 11.6. The Labute approximate surface area is 161 Å². The Bertz CT molecular complexity index is 923. The smallest absolute Gasteiger partial charge is 0.338 e. The zero-order chi connectivity index (χ0) is 20.1. The molecule has 0 saturated heterocycles. The van der Waals surface area contributed by atoms with Crippen molar-refractivity contribution in [1.82, 2.24) is 0 Å². The fourth-order valence-electron chi connectivity index (χ4n) is 2.60. The van der Waals surface area contributed by atoms with Crippen LogP contribution in [0.5, 0.6) is 17.2 Å². The van der Waals surface area contributed by atoms with Gasteiger partial charge in [0, 0.05) is 11.6 Å². The fourth-order valence-corrected chi connectivity index (χ4v) is 2.60. The number of carbonyl (C=O) groups is 3. The van der Waals surface area contributed by atoms with E-state index < -0.39 is 11.9 Å². The molecule has 3 rings (SSSR count). The second-order valence-corrected chi connectivity index (χ2v) is 5.89. The molecule has 0 unspecified atom stereocenters. The minimum absolute atomic E-state index is 0.0595. The third-order valence-electron chi connectivity index (χ3n) is 3.88. The average molecular weight is 385 g/mol. The first-order valence-electron chi connectivity index (χ1n) is 8.62. The molecule has 0 aliphatic carbocycles. The number of ether oxygens (including phenoxy) is 4. The highest BCUT2D eigenvalue weighted by atomic mass is 16.7. The van der Waals surface area contributed by atoms with Crippen LogP contribution < -0.4 is 19.5 Å². The number of nitrogens with one attached hydrogen (secondary N) is 1. The number of anilines is 1. The molecule has 0 spiro atoms. The third kappa shape index (κ3) is 4.40. The van der Waals surface area contributed by atoms with E-state index >= 15 is 0 Å². The zero-order valence-electron chi connectivity index (χ0n) is 15.4. The number of ketones is 1. The van der Waals surface area contributed by atoms with Gasteiger partial charge < -0.3 is 24.3 Å². The highest BCUT2D eigenvalue weighted by Gasteiger charge is 2.20. The van der Waals surface area contributed by atoms with E-state index in [0.717, 1.165) is 0 Å². The minimum Gasteiger partial charge on any atom is -0.484 e. The van der Waals surface area contributed by atoms with Gasteiger partial charge in [-0.1, -0.05) is 6.07 Å². The number of benzene rings is 2. The van der Waals surface area contributed by atoms with E-state index in [9.17, 15) is 14.4 Å². The number of rotatable bonds is 7. The Morgan fingerprint density at radius 1 is 1.11 bits per heavy atom. The first-order valence-corrected chi connectivity index (χ1v) is 8.62. The van der Waals surface area contributed by atoms with Crippen molar-refractivity contribution in [3.63, 3.8) is 0 Å². The van der Waals surface area contributed by atoms with Crippen molar-refractivity contribution < 1.29 is 33.3 Å². The number of Topliss-reactive ketones (excluding diaryl/α,β-unsaturated/α-hetero) is 1. The molecule has 0 saturated carbocycles. The molecule has 0 atom stereocenters. The zero-order valence-corrected chi connectivity index (χ0v) is 15.4. The Kier molecular flexibility index (Phi) is 5.78. The van der Waals surface area contributed by atoms with Gasteiger partial charge >= 0.3 is 5.97 Å². The fraction of sp³-hybridized carbons (Fsp3) is 0.250. The number of amides is 1. The van der Waals surface area contributed by atoms with Gasteiger partial charge in [0.1, 0.15) is 5.75 Å². The van der Waals surface area contributed by atoms with E-state index in [2.05, 4.69) is 5.32 Å². The molecule has 8 nitrogen and oxygen atoms in total. The van der Waals surface area contributed by atoms with Crippen molar-refractivity contribution >= 4 is 23.3 Å². The summed E-state index contributed by atoms with van der Waals surface area (Å²) >= 11 is 0. The van der Waals surface area contributed by atoms with Crippen molar-refractivity contribution in [1.29, 1.82) is 0 Å². The molecular weight excluding hydrogens is 366 g/mol. The van der Waals surface area contributed by atoms with Gasteiger partial charge in [0.2, 0.25) is 6.79 Å². The SMILES string of the molecule is CCOC(=O)c1cccc(OCC(=O)Nc2cc3c(cc2C(C)=O)OCO3)c1. The molecule has 1 aliphatic heterocycles. The second kappa shape index (κ2) is 8.43. The maximum Gasteiger partial charge on any atom is 0.338 e. The summed E-state index contributed by atoms with van der Waals surface area (Å²) in [5, 5.41) is 2.64. The maximum atomic E-state index is 12.3. The van der Waals surface area contributed by atoms with Gasteiger partial charge in [0.15, 0.2) is 23.9 Å². The molecule has 0 bridgehead atoms. The topological polar surface area (TPSA) is 100 Å². The summed E-state index contributed by atoms with van der Waals surface area (Å²) in [4.78, 5) is 35.9. The van der Waals surface area contributed by atoms with E-state index in [1.54, 1.807) is 31.2 Å². The first kappa shape index (κ1) is 19.2. The van der Waals surface area contributed by atoms with Gasteiger partial charge in [-0.25, -0.2) is 4.79 Å². The summed E-state index contributed by atoms with van der Waals surface area (Å²) < 4.78 is 20.9. The molecule has 0 aromatic heterocycles. The Morgan fingerprint density at radius 2 is 1.86 bits per heavy atom. The monoisotopic (exact) mass is 385 g/mol. The van der Waals surface area contributed by atoms with Gasteiger partial charge in [0.05, 0.1) is 17.9 Å². The van der Waals surface area contributed by atoms with Crippen LogP contribution in [-0.4, -0.2) is 37.7 Å². The summed E-state index contributed by atoms with van der Waals surface area (Å²) in [6.45, 7) is 3.13. The molecule has 2 aromatic carbocycles. The average Bonchev–Trinajstić information content (AvgIpc) is 3.13. The number of carbonyl (C=O) groups excluding carboxylic acids is 3. The minimum atomic E-state index is -0.470. The van der Waals surface area contributed by atoms with Crippen LogP contribution >= 0.6 is 0 Å². The first-order chi connectivity index (χ1) is 13.5. The van der Waals surface area contributed by atoms with Gasteiger partial charge in [0.25, 0.3) is 5.91 Å². The van der Waals surface area contributed by atoms with Crippen molar-refractivity contribution in [3.8, 4) is 17.2 Å².